The van der Waals surface area contributed by atoms with Gasteiger partial charge in [-0.15, -0.1) is 28.2 Å². The summed E-state index contributed by atoms with van der Waals surface area (Å²) in [6, 6.07) is -0.960. The lowest BCUT2D eigenvalue weighted by Gasteiger charge is -2.49. The molecule has 2 atom stereocenters. The molecule has 1 fully saturated rings. The lowest BCUT2D eigenvalue weighted by molar-refractivity contribution is -0.150. The number of fused-ring (bicyclic) bond motifs is 1. The van der Waals surface area contributed by atoms with E-state index in [2.05, 4.69) is 31.0 Å². The highest BCUT2D eigenvalue weighted by Gasteiger charge is 2.54. The van der Waals surface area contributed by atoms with Crippen molar-refractivity contribution in [2.45, 2.75) is 23.1 Å². The molecule has 2 aliphatic heterocycles. The summed E-state index contributed by atoms with van der Waals surface area (Å²) in [6.07, 6.45) is 1.57. The second-order valence-corrected chi connectivity index (χ2v) is 9.93. The Labute approximate surface area is 215 Å². The smallest absolute Gasteiger partial charge is 0.352 e. The van der Waals surface area contributed by atoms with Crippen molar-refractivity contribution in [3.05, 3.63) is 33.8 Å². The van der Waals surface area contributed by atoms with E-state index in [0.29, 0.717) is 10.7 Å². The first-order valence-electron chi connectivity index (χ1n) is 10.1. The van der Waals surface area contributed by atoms with Gasteiger partial charge in [0.25, 0.3) is 11.8 Å². The van der Waals surface area contributed by atoms with Crippen LogP contribution in [0.1, 0.15) is 5.69 Å². The number of amides is 2. The van der Waals surface area contributed by atoms with Crippen LogP contribution in [0.3, 0.4) is 0 Å². The number of thiazole rings is 1. The van der Waals surface area contributed by atoms with E-state index in [9.17, 15) is 19.5 Å². The highest BCUT2D eigenvalue weighted by Crippen LogP contribution is 2.41. The van der Waals surface area contributed by atoms with E-state index in [0.717, 1.165) is 28.0 Å². The van der Waals surface area contributed by atoms with Crippen molar-refractivity contribution in [2.24, 2.45) is 5.16 Å². The molecule has 15 nitrogen and oxygen atoms in total. The number of carboxylic acid groups (broad SMARTS) is 1. The molecule has 0 spiro atoms. The third-order valence-electron chi connectivity index (χ3n) is 4.90. The van der Waals surface area contributed by atoms with Gasteiger partial charge in [0.2, 0.25) is 5.16 Å². The zero-order chi connectivity index (χ0) is 25.8. The SMILES string of the molecule is CON=C(C(=O)NC1C(=O)N2C(C(=O)O)=C(C=CSc3nnnn3CCO)CSC12)c1csc(N)n1. The number of nitrogens with one attached hydrogen (secondary N) is 1. The number of oxime groups is 1. The number of nitrogens with zero attached hydrogens (tertiary/aromatic N) is 7. The number of hydrogen-bond donors (Lipinski definition) is 4. The number of aliphatic hydroxyl groups is 1. The second-order valence-electron chi connectivity index (χ2n) is 7.06. The fourth-order valence-electron chi connectivity index (χ4n) is 3.37. The minimum atomic E-state index is -1.27. The molecule has 4 heterocycles. The maximum atomic E-state index is 12.9. The number of carbonyl (C=O) groups excluding carboxylic acids is 2. The Morgan fingerprint density at radius 1 is 1.47 bits per heavy atom. The molecule has 0 bridgehead atoms. The van der Waals surface area contributed by atoms with E-state index in [-0.39, 0.29) is 41.1 Å². The summed E-state index contributed by atoms with van der Waals surface area (Å²) in [6.45, 7) is 0.0753. The number of carbonyl (C=O) groups is 3. The predicted molar refractivity (Wildman–Crippen MR) is 130 cm³/mol. The van der Waals surface area contributed by atoms with Gasteiger partial charge in [-0.3, -0.25) is 14.5 Å². The van der Waals surface area contributed by atoms with Gasteiger partial charge in [0, 0.05) is 11.1 Å². The lowest BCUT2D eigenvalue weighted by atomic mass is 10.0. The normalized spacial score (nSPS) is 19.9. The average Bonchev–Trinajstić information content (AvgIpc) is 3.49. The first kappa shape index (κ1) is 25.6. The number of aromatic nitrogens is 5. The Kier molecular flexibility index (Phi) is 7.87. The van der Waals surface area contributed by atoms with Crippen molar-refractivity contribution in [1.82, 2.24) is 35.4 Å². The van der Waals surface area contributed by atoms with Gasteiger partial charge in [-0.1, -0.05) is 16.9 Å². The third kappa shape index (κ3) is 5.06. The van der Waals surface area contributed by atoms with Gasteiger partial charge in [0.15, 0.2) is 10.8 Å². The van der Waals surface area contributed by atoms with Crippen molar-refractivity contribution in [1.29, 1.82) is 0 Å². The van der Waals surface area contributed by atoms with Gasteiger partial charge >= 0.3 is 5.97 Å². The molecule has 2 aliphatic rings. The summed E-state index contributed by atoms with van der Waals surface area (Å²) in [4.78, 5) is 47.7. The maximum absolute atomic E-state index is 12.9. The van der Waals surface area contributed by atoms with Crippen molar-refractivity contribution < 1.29 is 29.4 Å². The zero-order valence-corrected chi connectivity index (χ0v) is 20.9. The Morgan fingerprint density at radius 3 is 2.94 bits per heavy atom. The second kappa shape index (κ2) is 11.1. The van der Waals surface area contributed by atoms with Gasteiger partial charge < -0.3 is 26.1 Å². The van der Waals surface area contributed by atoms with Crippen LogP contribution < -0.4 is 11.1 Å². The zero-order valence-electron chi connectivity index (χ0n) is 18.5. The number of β-lactam (4-membered cyclic amide) rings is 1. The molecule has 190 valence electrons. The molecule has 4 rings (SSSR count). The van der Waals surface area contributed by atoms with Crippen LogP contribution in [0.2, 0.25) is 0 Å². The molecular weight excluding hydrogens is 534 g/mol. The largest absolute Gasteiger partial charge is 0.477 e. The lowest BCUT2D eigenvalue weighted by Crippen LogP contribution is -2.71. The van der Waals surface area contributed by atoms with Gasteiger partial charge in [-0.25, -0.2) is 14.5 Å². The third-order valence-corrected chi connectivity index (χ3v) is 7.65. The number of nitrogens with two attached hydrogens (primary N) is 1. The number of carboxylic acids is 1. The molecule has 1 saturated heterocycles. The van der Waals surface area contributed by atoms with Crippen molar-refractivity contribution in [3.8, 4) is 0 Å². The number of hydrogen-bond acceptors (Lipinski definition) is 14. The molecule has 0 radical (unpaired) electrons. The molecular formula is C18H19N9O6S3. The molecule has 18 heteroatoms. The van der Waals surface area contributed by atoms with E-state index in [1.807, 2.05) is 0 Å². The number of rotatable bonds is 10. The summed E-state index contributed by atoms with van der Waals surface area (Å²) < 4.78 is 1.40. The van der Waals surface area contributed by atoms with Gasteiger partial charge in [-0.05, 0) is 27.5 Å². The number of thioether (sulfide) groups is 2. The number of allylic oxidation sites excluding steroid dienone is 1. The van der Waals surface area contributed by atoms with E-state index < -0.39 is 29.2 Å². The molecule has 2 aromatic rings. The van der Waals surface area contributed by atoms with Crippen LogP contribution in [0, 0.1) is 0 Å². The Bertz CT molecular complexity index is 1270. The Hall–Kier alpha value is -3.48. The first-order valence-corrected chi connectivity index (χ1v) is 12.9. The Morgan fingerprint density at radius 2 is 2.28 bits per heavy atom. The van der Waals surface area contributed by atoms with Gasteiger partial charge in [-0.2, -0.15) is 0 Å². The summed E-state index contributed by atoms with van der Waals surface area (Å²) in [5.74, 6) is -2.27. The van der Waals surface area contributed by atoms with Gasteiger partial charge in [0.1, 0.15) is 29.9 Å². The number of aliphatic hydroxyl groups excluding tert-OH is 1. The highest BCUT2D eigenvalue weighted by atomic mass is 32.2. The minimum Gasteiger partial charge on any atom is -0.477 e. The maximum Gasteiger partial charge on any atom is 0.352 e. The van der Waals surface area contributed by atoms with Gasteiger partial charge in [0.05, 0.1) is 13.2 Å². The summed E-state index contributed by atoms with van der Waals surface area (Å²) in [5.41, 5.74) is 5.91. The average molecular weight is 554 g/mol. The Balaban J connectivity index is 1.48. The molecule has 0 saturated carbocycles. The molecule has 2 aromatic heterocycles. The number of tetrazole rings is 1. The van der Waals surface area contributed by atoms with Crippen LogP contribution in [-0.4, -0.2) is 94.7 Å². The molecule has 2 amide bonds. The van der Waals surface area contributed by atoms with Crippen molar-refractivity contribution in [3.63, 3.8) is 0 Å². The fraction of sp³-hybridized carbons (Fsp3) is 0.333. The monoisotopic (exact) mass is 553 g/mol. The molecule has 0 aromatic carbocycles. The van der Waals surface area contributed by atoms with E-state index >= 15 is 0 Å². The topological polar surface area (TPSA) is 211 Å². The number of aliphatic carboxylic acids is 1. The van der Waals surface area contributed by atoms with Crippen molar-refractivity contribution in [2.75, 3.05) is 25.2 Å². The van der Waals surface area contributed by atoms with Crippen LogP contribution in [0.5, 0.6) is 0 Å². The summed E-state index contributed by atoms with van der Waals surface area (Å²) in [7, 11) is 1.26. The molecule has 36 heavy (non-hydrogen) atoms. The van der Waals surface area contributed by atoms with Crippen LogP contribution in [0.25, 0.3) is 0 Å². The van der Waals surface area contributed by atoms with Crippen LogP contribution in [0.15, 0.2) is 38.4 Å². The van der Waals surface area contributed by atoms with E-state index in [4.69, 9.17) is 15.7 Å². The molecule has 2 unspecified atom stereocenters. The summed E-state index contributed by atoms with van der Waals surface area (Å²) >= 11 is 3.56. The first-order chi connectivity index (χ1) is 17.3. The van der Waals surface area contributed by atoms with Crippen LogP contribution in [-0.2, 0) is 25.8 Å². The molecule has 5 N–H and O–H groups in total. The fourth-order valence-corrected chi connectivity index (χ4v) is 5.92. The van der Waals surface area contributed by atoms with E-state index in [1.165, 1.54) is 28.9 Å². The van der Waals surface area contributed by atoms with E-state index in [1.54, 1.807) is 11.5 Å². The summed E-state index contributed by atoms with van der Waals surface area (Å²) in [5, 5.41) is 39.5. The predicted octanol–water partition coefficient (Wildman–Crippen LogP) is -0.901. The quantitative estimate of drug-likeness (QED) is 0.122. The standard InChI is InChI=1S/C18H19N9O6S3/c1-33-23-10(9-7-36-17(19)20-9)13(29)21-11-14(30)27-12(16(31)32)8(6-35-15(11)27)2-5-34-18-22-24-25-26(18)3-4-28/h2,5,7,11,15,28H,3-4,6H2,1H3,(H2,19,20)(H,21,29)(H,31,32). The number of nitrogen functional groups attached to an aromatic ring is 1. The molecule has 0 aliphatic carbocycles. The number of anilines is 1. The van der Waals surface area contributed by atoms with Crippen LogP contribution in [0.4, 0.5) is 5.13 Å². The minimum absolute atomic E-state index is 0.139. The van der Waals surface area contributed by atoms with Crippen LogP contribution >= 0.6 is 34.9 Å². The van der Waals surface area contributed by atoms with Crippen molar-refractivity contribution >= 4 is 63.5 Å². The highest BCUT2D eigenvalue weighted by molar-refractivity contribution is 8.02.